The van der Waals surface area contributed by atoms with E-state index in [2.05, 4.69) is 17.4 Å². The summed E-state index contributed by atoms with van der Waals surface area (Å²) in [4.78, 5) is 45.7. The fraction of sp³-hybridized carbons (Fsp3) is 0.533. The second kappa shape index (κ2) is 15.8. The van der Waals surface area contributed by atoms with Crippen LogP contribution in [-0.2, 0) is 44.9 Å². The van der Waals surface area contributed by atoms with E-state index in [0.29, 0.717) is 19.5 Å². The molecule has 1 aliphatic carbocycles. The van der Waals surface area contributed by atoms with Crippen molar-refractivity contribution >= 4 is 18.0 Å². The van der Waals surface area contributed by atoms with Gasteiger partial charge in [0.05, 0.1) is 13.7 Å². The monoisotopic (exact) mass is 538 g/mol. The van der Waals surface area contributed by atoms with Crippen LogP contribution in [-0.4, -0.2) is 79.6 Å². The molecule has 0 saturated carbocycles. The van der Waals surface area contributed by atoms with Gasteiger partial charge in [0.25, 0.3) is 0 Å². The van der Waals surface area contributed by atoms with E-state index in [0.717, 1.165) is 43.4 Å². The number of hydrogen-bond donors (Lipinski definition) is 1. The van der Waals surface area contributed by atoms with Gasteiger partial charge in [0.15, 0.2) is 0 Å². The van der Waals surface area contributed by atoms with Crippen molar-refractivity contribution in [2.45, 2.75) is 64.0 Å². The lowest BCUT2D eigenvalue weighted by molar-refractivity contribution is -0.143. The van der Waals surface area contributed by atoms with E-state index in [-0.39, 0.29) is 19.1 Å². The van der Waals surface area contributed by atoms with Gasteiger partial charge in [0, 0.05) is 32.0 Å². The minimum atomic E-state index is -0.880. The summed E-state index contributed by atoms with van der Waals surface area (Å²) in [5.41, 5.74) is 4.61. The minimum Gasteiger partial charge on any atom is -0.467 e. The Kier molecular flexibility index (Phi) is 12.2. The van der Waals surface area contributed by atoms with Crippen LogP contribution < -0.4 is 5.32 Å². The molecule has 0 saturated heterocycles. The van der Waals surface area contributed by atoms with Crippen LogP contribution >= 0.6 is 0 Å². The molecule has 0 spiro atoms. The third kappa shape index (κ3) is 10.3. The summed E-state index contributed by atoms with van der Waals surface area (Å²) >= 11 is 0. The SMILES string of the molecule is COC(=O)[C@H](CCN(CCCCc1ccc2c(n1)CCCC2)CC(=O)N(C)C)NC(=O)OCc1ccccc1. The number of aryl methyl sites for hydroxylation is 3. The maximum absolute atomic E-state index is 12.5. The van der Waals surface area contributed by atoms with Crippen LogP contribution in [0.15, 0.2) is 42.5 Å². The third-order valence-electron chi connectivity index (χ3n) is 6.98. The molecule has 1 N–H and O–H groups in total. The van der Waals surface area contributed by atoms with E-state index >= 15 is 0 Å². The number of rotatable bonds is 14. The van der Waals surface area contributed by atoms with Crippen molar-refractivity contribution in [3.63, 3.8) is 0 Å². The highest BCUT2D eigenvalue weighted by molar-refractivity contribution is 5.81. The first-order chi connectivity index (χ1) is 18.9. The van der Waals surface area contributed by atoms with Gasteiger partial charge >= 0.3 is 12.1 Å². The number of aromatic nitrogens is 1. The lowest BCUT2D eigenvalue weighted by Gasteiger charge is -2.25. The van der Waals surface area contributed by atoms with Gasteiger partial charge in [-0.15, -0.1) is 0 Å². The molecule has 0 unspecified atom stereocenters. The number of esters is 1. The van der Waals surface area contributed by atoms with Gasteiger partial charge in [-0.25, -0.2) is 9.59 Å². The highest BCUT2D eigenvalue weighted by Crippen LogP contribution is 2.20. The molecule has 1 aromatic heterocycles. The molecule has 39 heavy (non-hydrogen) atoms. The maximum Gasteiger partial charge on any atom is 0.408 e. The number of fused-ring (bicyclic) bond motifs is 1. The van der Waals surface area contributed by atoms with Crippen molar-refractivity contribution in [3.8, 4) is 0 Å². The third-order valence-corrected chi connectivity index (χ3v) is 6.98. The highest BCUT2D eigenvalue weighted by atomic mass is 16.6. The first-order valence-electron chi connectivity index (χ1n) is 13.8. The molecule has 0 bridgehead atoms. The first kappa shape index (κ1) is 30.1. The lowest BCUT2D eigenvalue weighted by atomic mass is 9.95. The molecular formula is C30H42N4O5. The number of amides is 2. The average molecular weight is 539 g/mol. The Labute approximate surface area is 231 Å². The number of benzene rings is 1. The number of ether oxygens (including phenoxy) is 2. The van der Waals surface area contributed by atoms with Gasteiger partial charge in [-0.3, -0.25) is 14.7 Å². The summed E-state index contributed by atoms with van der Waals surface area (Å²) in [6.45, 7) is 1.46. The molecule has 212 valence electrons. The number of alkyl carbamates (subject to hydrolysis) is 1. The number of carbonyl (C=O) groups is 3. The van der Waals surface area contributed by atoms with E-state index < -0.39 is 18.1 Å². The number of methoxy groups -OCH3 is 1. The number of pyridine rings is 1. The molecule has 2 aromatic rings. The Morgan fingerprint density at radius 3 is 2.51 bits per heavy atom. The van der Waals surface area contributed by atoms with E-state index in [1.165, 1.54) is 31.2 Å². The smallest absolute Gasteiger partial charge is 0.408 e. The van der Waals surface area contributed by atoms with Gasteiger partial charge in [-0.05, 0) is 75.1 Å². The molecule has 1 aromatic carbocycles. The first-order valence-corrected chi connectivity index (χ1v) is 13.8. The van der Waals surface area contributed by atoms with Crippen molar-refractivity contribution in [1.29, 1.82) is 0 Å². The maximum atomic E-state index is 12.5. The zero-order chi connectivity index (χ0) is 28.0. The van der Waals surface area contributed by atoms with Crippen LogP contribution in [0.3, 0.4) is 0 Å². The molecule has 0 aliphatic heterocycles. The minimum absolute atomic E-state index is 0.0174. The van der Waals surface area contributed by atoms with Crippen molar-refractivity contribution in [2.24, 2.45) is 0 Å². The Morgan fingerprint density at radius 2 is 1.77 bits per heavy atom. The lowest BCUT2D eigenvalue weighted by Crippen LogP contribution is -2.45. The van der Waals surface area contributed by atoms with Crippen molar-refractivity contribution in [2.75, 3.05) is 40.8 Å². The molecule has 0 fully saturated rings. The van der Waals surface area contributed by atoms with Crippen molar-refractivity contribution in [1.82, 2.24) is 20.1 Å². The molecule has 1 heterocycles. The van der Waals surface area contributed by atoms with Gasteiger partial charge < -0.3 is 19.7 Å². The Bertz CT molecular complexity index is 1080. The second-order valence-corrected chi connectivity index (χ2v) is 10.2. The van der Waals surface area contributed by atoms with E-state index in [1.54, 1.807) is 19.0 Å². The molecule has 2 amide bonds. The molecule has 9 nitrogen and oxygen atoms in total. The van der Waals surface area contributed by atoms with Gasteiger partial charge in [0.2, 0.25) is 5.91 Å². The van der Waals surface area contributed by atoms with Crippen LogP contribution in [0.4, 0.5) is 4.79 Å². The predicted molar refractivity (Wildman–Crippen MR) is 149 cm³/mol. The van der Waals surface area contributed by atoms with E-state index in [4.69, 9.17) is 14.5 Å². The summed E-state index contributed by atoms with van der Waals surface area (Å²) < 4.78 is 10.2. The summed E-state index contributed by atoms with van der Waals surface area (Å²) in [6, 6.07) is 12.8. The van der Waals surface area contributed by atoms with Crippen molar-refractivity contribution in [3.05, 3.63) is 65.0 Å². The van der Waals surface area contributed by atoms with Gasteiger partial charge in [-0.1, -0.05) is 36.4 Å². The Balaban J connectivity index is 1.51. The summed E-state index contributed by atoms with van der Waals surface area (Å²) in [5, 5.41) is 2.62. The molecule has 0 radical (unpaired) electrons. The number of likely N-dealkylation sites (N-methyl/N-ethyl adjacent to an activating group) is 1. The summed E-state index contributed by atoms with van der Waals surface area (Å²) in [7, 11) is 4.74. The second-order valence-electron chi connectivity index (χ2n) is 10.2. The van der Waals surface area contributed by atoms with Crippen LogP contribution in [0.5, 0.6) is 0 Å². The average Bonchev–Trinajstić information content (AvgIpc) is 2.95. The van der Waals surface area contributed by atoms with Gasteiger partial charge in [0.1, 0.15) is 12.6 Å². The van der Waals surface area contributed by atoms with Crippen LogP contribution in [0.25, 0.3) is 0 Å². The summed E-state index contributed by atoms with van der Waals surface area (Å²) in [6.07, 6.45) is 6.98. The molecule has 1 aliphatic rings. The normalized spacial score (nSPS) is 13.3. The largest absolute Gasteiger partial charge is 0.467 e. The Morgan fingerprint density at radius 1 is 1.00 bits per heavy atom. The number of hydrogen-bond acceptors (Lipinski definition) is 7. The van der Waals surface area contributed by atoms with Crippen molar-refractivity contribution < 1.29 is 23.9 Å². The van der Waals surface area contributed by atoms with Gasteiger partial charge in [-0.2, -0.15) is 0 Å². The predicted octanol–water partition coefficient (Wildman–Crippen LogP) is 3.53. The molecule has 1 atom stereocenters. The standard InChI is InChI=1S/C30H42N4O5/c1-33(2)28(35)21-34(19-10-9-14-25-17-16-24-13-7-8-15-26(24)31-25)20-18-27(29(36)38-3)32-30(37)39-22-23-11-5-4-6-12-23/h4-6,11-12,16-17,27H,7-10,13-15,18-22H2,1-3H3,(H,32,37)/t27-/m0/s1. The quantitative estimate of drug-likeness (QED) is 0.290. The Hall–Kier alpha value is -3.46. The molecular weight excluding hydrogens is 496 g/mol. The highest BCUT2D eigenvalue weighted by Gasteiger charge is 2.24. The topological polar surface area (TPSA) is 101 Å². The molecule has 3 rings (SSSR count). The zero-order valence-corrected chi connectivity index (χ0v) is 23.5. The van der Waals surface area contributed by atoms with Crippen LogP contribution in [0.2, 0.25) is 0 Å². The fourth-order valence-corrected chi connectivity index (χ4v) is 4.62. The van der Waals surface area contributed by atoms with Crippen LogP contribution in [0.1, 0.15) is 54.6 Å². The zero-order valence-electron chi connectivity index (χ0n) is 23.5. The number of unbranched alkanes of at least 4 members (excludes halogenated alkanes) is 1. The number of carbonyl (C=O) groups excluding carboxylic acids is 3. The summed E-state index contributed by atoms with van der Waals surface area (Å²) in [5.74, 6) is -0.569. The number of nitrogens with one attached hydrogen (secondary N) is 1. The van der Waals surface area contributed by atoms with E-state index in [1.807, 2.05) is 35.2 Å². The van der Waals surface area contributed by atoms with E-state index in [9.17, 15) is 14.4 Å². The van der Waals surface area contributed by atoms with Crippen LogP contribution in [0, 0.1) is 0 Å². The fourth-order valence-electron chi connectivity index (χ4n) is 4.62. The molecule has 9 heteroatoms. The number of nitrogens with zero attached hydrogens (tertiary/aromatic N) is 3.